The van der Waals surface area contributed by atoms with Gasteiger partial charge in [0.15, 0.2) is 5.78 Å². The zero-order valence-electron chi connectivity index (χ0n) is 11.9. The summed E-state index contributed by atoms with van der Waals surface area (Å²) in [6.07, 6.45) is 1.42. The van der Waals surface area contributed by atoms with Crippen molar-refractivity contribution in [3.8, 4) is 0 Å². The minimum absolute atomic E-state index is 0.129. The molecule has 0 fully saturated rings. The Hall–Kier alpha value is -2.10. The van der Waals surface area contributed by atoms with Crippen molar-refractivity contribution in [2.45, 2.75) is 20.8 Å². The van der Waals surface area contributed by atoms with E-state index in [1.165, 1.54) is 6.26 Å². The summed E-state index contributed by atoms with van der Waals surface area (Å²) in [5.74, 6) is -1.65. The minimum Gasteiger partial charge on any atom is -0.465 e. The average molecular weight is 274 g/mol. The van der Waals surface area contributed by atoms with Gasteiger partial charge in [-0.25, -0.2) is 0 Å². The van der Waals surface area contributed by atoms with E-state index >= 15 is 0 Å². The van der Waals surface area contributed by atoms with Gasteiger partial charge in [-0.3, -0.25) is 9.59 Å². The first kappa shape index (κ1) is 14.3. The zero-order chi connectivity index (χ0) is 14.7. The van der Waals surface area contributed by atoms with E-state index in [9.17, 15) is 9.59 Å². The molecule has 0 saturated heterocycles. The van der Waals surface area contributed by atoms with Gasteiger partial charge in [0, 0.05) is 5.39 Å². The molecule has 1 heterocycles. The molecule has 106 valence electrons. The second kappa shape index (κ2) is 5.90. The van der Waals surface area contributed by atoms with Crippen molar-refractivity contribution in [2.75, 3.05) is 6.61 Å². The quantitative estimate of drug-likeness (QED) is 0.476. The lowest BCUT2D eigenvalue weighted by atomic mass is 9.88. The highest BCUT2D eigenvalue weighted by molar-refractivity contribution is 6.14. The summed E-state index contributed by atoms with van der Waals surface area (Å²) >= 11 is 0. The average Bonchev–Trinajstić information content (AvgIpc) is 2.82. The fourth-order valence-electron chi connectivity index (χ4n) is 2.25. The predicted octanol–water partition coefficient (Wildman–Crippen LogP) is 3.45. The second-order valence-corrected chi connectivity index (χ2v) is 4.98. The molecule has 2 rings (SSSR count). The van der Waals surface area contributed by atoms with Gasteiger partial charge in [0.2, 0.25) is 0 Å². The SMILES string of the molecule is CCOC(=O)C(C(=O)c1coc2ccccc12)C(C)C. The van der Waals surface area contributed by atoms with E-state index in [1.807, 2.05) is 32.0 Å². The van der Waals surface area contributed by atoms with Gasteiger partial charge in [0.25, 0.3) is 0 Å². The second-order valence-electron chi connectivity index (χ2n) is 4.98. The molecule has 4 heteroatoms. The number of hydrogen-bond acceptors (Lipinski definition) is 4. The van der Waals surface area contributed by atoms with E-state index in [-0.39, 0.29) is 18.3 Å². The number of Topliss-reactive ketones (excluding diaryl/α,β-unsaturated/α-hetero) is 1. The van der Waals surface area contributed by atoms with Gasteiger partial charge in [-0.1, -0.05) is 32.0 Å². The lowest BCUT2D eigenvalue weighted by Gasteiger charge is -2.17. The van der Waals surface area contributed by atoms with Crippen molar-refractivity contribution in [1.82, 2.24) is 0 Å². The van der Waals surface area contributed by atoms with Crippen molar-refractivity contribution in [3.05, 3.63) is 36.1 Å². The molecule has 0 radical (unpaired) electrons. The van der Waals surface area contributed by atoms with Crippen LogP contribution >= 0.6 is 0 Å². The van der Waals surface area contributed by atoms with E-state index in [4.69, 9.17) is 9.15 Å². The van der Waals surface area contributed by atoms with Crippen LogP contribution in [0.5, 0.6) is 0 Å². The number of carbonyl (C=O) groups is 2. The van der Waals surface area contributed by atoms with Crippen molar-refractivity contribution < 1.29 is 18.7 Å². The zero-order valence-corrected chi connectivity index (χ0v) is 11.9. The number of carbonyl (C=O) groups excluding carboxylic acids is 2. The van der Waals surface area contributed by atoms with E-state index < -0.39 is 11.9 Å². The molecule has 4 nitrogen and oxygen atoms in total. The summed E-state index contributed by atoms with van der Waals surface area (Å²) in [5, 5.41) is 0.729. The van der Waals surface area contributed by atoms with Gasteiger partial charge in [-0.05, 0) is 18.9 Å². The molecule has 1 aromatic carbocycles. The molecule has 0 aliphatic heterocycles. The molecular formula is C16H18O4. The summed E-state index contributed by atoms with van der Waals surface area (Å²) in [6.45, 7) is 5.66. The van der Waals surface area contributed by atoms with Gasteiger partial charge in [0.1, 0.15) is 17.8 Å². The van der Waals surface area contributed by atoms with Crippen molar-refractivity contribution >= 4 is 22.7 Å². The minimum atomic E-state index is -0.795. The summed E-state index contributed by atoms with van der Waals surface area (Å²) in [5.41, 5.74) is 1.08. The number of esters is 1. The molecule has 0 bridgehead atoms. The summed E-state index contributed by atoms with van der Waals surface area (Å²) in [4.78, 5) is 24.6. The smallest absolute Gasteiger partial charge is 0.317 e. The molecule has 0 spiro atoms. The number of rotatable bonds is 5. The number of fused-ring (bicyclic) bond motifs is 1. The van der Waals surface area contributed by atoms with Gasteiger partial charge in [0.05, 0.1) is 12.2 Å². The first-order valence-electron chi connectivity index (χ1n) is 6.73. The fourth-order valence-corrected chi connectivity index (χ4v) is 2.25. The van der Waals surface area contributed by atoms with Crippen LogP contribution in [0.2, 0.25) is 0 Å². The summed E-state index contributed by atoms with van der Waals surface area (Å²) in [6, 6.07) is 7.28. The van der Waals surface area contributed by atoms with E-state index in [0.29, 0.717) is 11.1 Å². The number of ether oxygens (including phenoxy) is 1. The van der Waals surface area contributed by atoms with Gasteiger partial charge in [-0.2, -0.15) is 0 Å². The Kier molecular flexibility index (Phi) is 4.23. The first-order valence-corrected chi connectivity index (χ1v) is 6.73. The van der Waals surface area contributed by atoms with Gasteiger partial charge < -0.3 is 9.15 Å². The van der Waals surface area contributed by atoms with E-state index in [0.717, 1.165) is 5.39 Å². The number of benzene rings is 1. The number of hydrogen-bond donors (Lipinski definition) is 0. The summed E-state index contributed by atoms with van der Waals surface area (Å²) in [7, 11) is 0. The molecule has 0 N–H and O–H groups in total. The van der Waals surface area contributed by atoms with Crippen LogP contribution in [-0.2, 0) is 9.53 Å². The molecular weight excluding hydrogens is 256 g/mol. The van der Waals surface area contributed by atoms with Crippen LogP contribution in [-0.4, -0.2) is 18.4 Å². The van der Waals surface area contributed by atoms with Crippen LogP contribution in [0.3, 0.4) is 0 Å². The maximum absolute atomic E-state index is 12.6. The molecule has 1 unspecified atom stereocenters. The molecule has 0 saturated carbocycles. The van der Waals surface area contributed by atoms with Gasteiger partial charge in [-0.15, -0.1) is 0 Å². The Labute approximate surface area is 117 Å². The molecule has 1 atom stereocenters. The molecule has 0 aliphatic rings. The lowest BCUT2D eigenvalue weighted by Crippen LogP contribution is -2.30. The Morgan fingerprint density at radius 3 is 2.60 bits per heavy atom. The molecule has 0 aliphatic carbocycles. The standard InChI is InChI=1S/C16H18O4/c1-4-19-16(18)14(10(2)3)15(17)12-9-20-13-8-6-5-7-11(12)13/h5-10,14H,4H2,1-3H3. The third kappa shape index (κ3) is 2.59. The van der Waals surface area contributed by atoms with Crippen LogP contribution in [0.25, 0.3) is 11.0 Å². The third-order valence-electron chi connectivity index (χ3n) is 3.24. The Morgan fingerprint density at radius 2 is 1.95 bits per heavy atom. The van der Waals surface area contributed by atoms with Crippen LogP contribution in [0.1, 0.15) is 31.1 Å². The Bertz CT molecular complexity index is 624. The molecule has 0 amide bonds. The normalized spacial score (nSPS) is 12.6. The first-order chi connectivity index (χ1) is 9.56. The largest absolute Gasteiger partial charge is 0.465 e. The van der Waals surface area contributed by atoms with Crippen LogP contribution in [0.15, 0.2) is 34.9 Å². The van der Waals surface area contributed by atoms with Crippen LogP contribution in [0, 0.1) is 11.8 Å². The van der Waals surface area contributed by atoms with E-state index in [1.54, 1.807) is 13.0 Å². The molecule has 2 aromatic rings. The maximum Gasteiger partial charge on any atom is 0.317 e. The van der Waals surface area contributed by atoms with Crippen molar-refractivity contribution in [2.24, 2.45) is 11.8 Å². The Morgan fingerprint density at radius 1 is 1.25 bits per heavy atom. The Balaban J connectivity index is 2.39. The van der Waals surface area contributed by atoms with Crippen LogP contribution in [0.4, 0.5) is 0 Å². The molecule has 20 heavy (non-hydrogen) atoms. The van der Waals surface area contributed by atoms with E-state index in [2.05, 4.69) is 0 Å². The topological polar surface area (TPSA) is 56.5 Å². The molecule has 1 aromatic heterocycles. The third-order valence-corrected chi connectivity index (χ3v) is 3.24. The highest BCUT2D eigenvalue weighted by Crippen LogP contribution is 2.26. The fraction of sp³-hybridized carbons (Fsp3) is 0.375. The van der Waals surface area contributed by atoms with Gasteiger partial charge >= 0.3 is 5.97 Å². The lowest BCUT2D eigenvalue weighted by molar-refractivity contribution is -0.147. The number of furan rings is 1. The highest BCUT2D eigenvalue weighted by atomic mass is 16.5. The predicted molar refractivity (Wildman–Crippen MR) is 75.5 cm³/mol. The van der Waals surface area contributed by atoms with Crippen molar-refractivity contribution in [1.29, 1.82) is 0 Å². The van der Waals surface area contributed by atoms with Crippen LogP contribution < -0.4 is 0 Å². The highest BCUT2D eigenvalue weighted by Gasteiger charge is 2.33. The van der Waals surface area contributed by atoms with Crippen molar-refractivity contribution in [3.63, 3.8) is 0 Å². The monoisotopic (exact) mass is 274 g/mol. The maximum atomic E-state index is 12.6. The summed E-state index contributed by atoms with van der Waals surface area (Å²) < 4.78 is 10.4. The number of ketones is 1. The number of para-hydroxylation sites is 1.